The van der Waals surface area contributed by atoms with Crippen molar-refractivity contribution in [1.82, 2.24) is 0 Å². The summed E-state index contributed by atoms with van der Waals surface area (Å²) in [5.74, 6) is -3.27. The van der Waals surface area contributed by atoms with Crippen LogP contribution in [0.15, 0.2) is 12.1 Å². The average Bonchev–Trinajstić information content (AvgIpc) is 2.71. The molecule has 0 amide bonds. The van der Waals surface area contributed by atoms with Gasteiger partial charge in [0.1, 0.15) is 0 Å². The van der Waals surface area contributed by atoms with Gasteiger partial charge in [-0.05, 0) is 6.42 Å². The van der Waals surface area contributed by atoms with E-state index in [4.69, 9.17) is 17.3 Å². The summed E-state index contributed by atoms with van der Waals surface area (Å²) < 4.78 is 89.4. The molecule has 1 aromatic carbocycles. The maximum absolute atomic E-state index is 12.5. The van der Waals surface area contributed by atoms with E-state index in [0.29, 0.717) is 25.2 Å². The predicted molar refractivity (Wildman–Crippen MR) is 135 cm³/mol. The van der Waals surface area contributed by atoms with Crippen molar-refractivity contribution in [3.8, 4) is 17.2 Å². The van der Waals surface area contributed by atoms with Crippen LogP contribution in [-0.2, 0) is 35.1 Å². The van der Waals surface area contributed by atoms with Crippen molar-refractivity contribution < 1.29 is 47.3 Å². The monoisotopic (exact) mass is 572 g/mol. The van der Waals surface area contributed by atoms with Crippen LogP contribution in [0.2, 0.25) is 0 Å². The minimum absolute atomic E-state index is 0.0848. The van der Waals surface area contributed by atoms with Crippen LogP contribution in [0.5, 0.6) is 17.2 Å². The Morgan fingerprint density at radius 3 is 1.42 bits per heavy atom. The highest BCUT2D eigenvalue weighted by Crippen LogP contribution is 2.41. The number of esters is 1. The summed E-state index contributed by atoms with van der Waals surface area (Å²) in [4.78, 5) is 12.5. The Balaban J connectivity index is 2.90. The molecule has 0 heterocycles. The Kier molecular flexibility index (Phi) is 13.0. The zero-order valence-corrected chi connectivity index (χ0v) is 23.6. The van der Waals surface area contributed by atoms with Gasteiger partial charge in [-0.1, -0.05) is 64.7 Å². The molecule has 0 saturated heterocycles. The number of hydrogen-bond donors (Lipinski definition) is 0. The van der Waals surface area contributed by atoms with Gasteiger partial charge in [-0.15, -0.1) is 0 Å². The first kappa shape index (κ1) is 32.0. The van der Waals surface area contributed by atoms with Crippen molar-refractivity contribution in [3.05, 3.63) is 17.7 Å². The number of carbonyl (C=O) groups excluding carboxylic acids is 1. The lowest BCUT2D eigenvalue weighted by atomic mass is 10.1. The van der Waals surface area contributed by atoms with Crippen LogP contribution in [0.3, 0.4) is 0 Å². The molecule has 36 heavy (non-hydrogen) atoms. The van der Waals surface area contributed by atoms with Crippen LogP contribution in [0, 0.1) is 0 Å². The molecule has 11 nitrogen and oxygen atoms in total. The van der Waals surface area contributed by atoms with Crippen LogP contribution in [-0.4, -0.2) is 56.6 Å². The molecule has 0 atom stereocenters. The first-order valence-corrected chi connectivity index (χ1v) is 17.1. The molecule has 0 bridgehead atoms. The van der Waals surface area contributed by atoms with Crippen LogP contribution in [0.25, 0.3) is 0 Å². The predicted octanol–water partition coefficient (Wildman–Crippen LogP) is 3.78. The molecule has 0 saturated carbocycles. The Morgan fingerprint density at radius 1 is 0.639 bits per heavy atom. The summed E-state index contributed by atoms with van der Waals surface area (Å²) in [6.45, 7) is 2.27. The van der Waals surface area contributed by atoms with Crippen LogP contribution in [0.1, 0.15) is 81.5 Å². The van der Waals surface area contributed by atoms with E-state index < -0.39 is 53.6 Å². The van der Waals surface area contributed by atoms with Crippen LogP contribution in [0.4, 0.5) is 0 Å². The largest absolute Gasteiger partial charge is 0.462 e. The molecular weight excluding hydrogens is 536 g/mol. The summed E-state index contributed by atoms with van der Waals surface area (Å²) in [7, 11) is -12.7. The van der Waals surface area contributed by atoms with Gasteiger partial charge in [0.05, 0.1) is 30.9 Å². The molecule has 208 valence electrons. The molecule has 0 spiro atoms. The molecule has 0 radical (unpaired) electrons. The van der Waals surface area contributed by atoms with Crippen molar-refractivity contribution in [1.29, 1.82) is 0 Å². The highest BCUT2D eigenvalue weighted by Gasteiger charge is 2.26. The third-order valence-electron chi connectivity index (χ3n) is 4.70. The summed E-state index contributed by atoms with van der Waals surface area (Å²) in [6.07, 6.45) is 12.9. The van der Waals surface area contributed by atoms with E-state index in [2.05, 4.69) is 6.92 Å². The normalized spacial score (nSPS) is 12.2. The molecule has 0 aliphatic heterocycles. The van der Waals surface area contributed by atoms with Crippen molar-refractivity contribution >= 4 is 36.3 Å². The number of carbonyl (C=O) groups is 1. The molecule has 1 aromatic rings. The highest BCUT2D eigenvalue weighted by atomic mass is 32.2. The minimum atomic E-state index is -4.27. The average molecular weight is 573 g/mol. The topological polar surface area (TPSA) is 156 Å². The number of ether oxygens (including phenoxy) is 1. The maximum Gasteiger partial charge on any atom is 0.338 e. The van der Waals surface area contributed by atoms with Gasteiger partial charge in [-0.3, -0.25) is 0 Å². The van der Waals surface area contributed by atoms with Gasteiger partial charge in [0.15, 0.2) is 11.5 Å². The smallest absolute Gasteiger partial charge is 0.338 e. The summed E-state index contributed by atoms with van der Waals surface area (Å²) in [6, 6.07) is 1.75. The summed E-state index contributed by atoms with van der Waals surface area (Å²) in [5, 5.41) is 0. The van der Waals surface area contributed by atoms with Gasteiger partial charge in [0.25, 0.3) is 0 Å². The Bertz CT molecular complexity index is 1120. The number of rotatable bonds is 18. The summed E-state index contributed by atoms with van der Waals surface area (Å²) >= 11 is 0. The highest BCUT2D eigenvalue weighted by molar-refractivity contribution is 7.87. The van der Waals surface area contributed by atoms with E-state index in [0.717, 1.165) is 37.8 Å². The third kappa shape index (κ3) is 14.5. The van der Waals surface area contributed by atoms with Crippen molar-refractivity contribution in [2.45, 2.75) is 71.1 Å². The number of unbranched alkanes of at least 4 members (excludes halogenated alkanes) is 9. The number of benzene rings is 1. The van der Waals surface area contributed by atoms with Crippen molar-refractivity contribution in [2.24, 2.45) is 0 Å². The molecule has 1 rings (SSSR count). The van der Waals surface area contributed by atoms with Crippen LogP contribution < -0.4 is 12.5 Å². The zero-order chi connectivity index (χ0) is 27.4. The van der Waals surface area contributed by atoms with Crippen molar-refractivity contribution in [2.75, 3.05) is 25.4 Å². The zero-order valence-electron chi connectivity index (χ0n) is 21.1. The second kappa shape index (κ2) is 14.6. The van der Waals surface area contributed by atoms with E-state index >= 15 is 0 Å². The van der Waals surface area contributed by atoms with E-state index in [9.17, 15) is 30.0 Å². The second-order valence-corrected chi connectivity index (χ2v) is 13.2. The van der Waals surface area contributed by atoms with Gasteiger partial charge in [-0.2, -0.15) is 25.3 Å². The standard InChI is InChI=1S/C22H36O11S3/c1-5-6-7-8-9-10-11-12-13-14-15-30-22(23)18-16-19(31-34(2,24)25)21(33-36(4,28)29)20(17-18)32-35(3,26)27/h16-17H,5-15H2,1-4H3. The lowest BCUT2D eigenvalue weighted by Gasteiger charge is -2.15. The fourth-order valence-corrected chi connectivity index (χ4v) is 4.58. The molecule has 14 heteroatoms. The minimum Gasteiger partial charge on any atom is -0.462 e. The van der Waals surface area contributed by atoms with Gasteiger partial charge in [0.2, 0.25) is 5.75 Å². The Labute approximate surface area is 214 Å². The lowest BCUT2D eigenvalue weighted by Crippen LogP contribution is -2.15. The van der Waals surface area contributed by atoms with E-state index in [-0.39, 0.29) is 12.2 Å². The Morgan fingerprint density at radius 2 is 1.03 bits per heavy atom. The van der Waals surface area contributed by atoms with Gasteiger partial charge in [-0.25, -0.2) is 4.79 Å². The van der Waals surface area contributed by atoms with Crippen molar-refractivity contribution in [3.63, 3.8) is 0 Å². The first-order valence-electron chi connectivity index (χ1n) is 11.6. The molecule has 0 N–H and O–H groups in total. The van der Waals surface area contributed by atoms with Gasteiger partial charge >= 0.3 is 36.3 Å². The van der Waals surface area contributed by atoms with E-state index in [1.807, 2.05) is 0 Å². The molecule has 0 fully saturated rings. The fourth-order valence-electron chi connectivity index (χ4n) is 3.22. The molecular formula is C22H36O11S3. The van der Waals surface area contributed by atoms with Gasteiger partial charge < -0.3 is 17.3 Å². The second-order valence-electron chi connectivity index (χ2n) is 8.48. The maximum atomic E-state index is 12.5. The summed E-state index contributed by atoms with van der Waals surface area (Å²) in [5.41, 5.74) is -0.319. The molecule has 0 aliphatic rings. The fraction of sp³-hybridized carbons (Fsp3) is 0.682. The number of hydrogen-bond acceptors (Lipinski definition) is 11. The van der Waals surface area contributed by atoms with E-state index in [1.165, 1.54) is 32.1 Å². The lowest BCUT2D eigenvalue weighted by molar-refractivity contribution is 0.0497. The van der Waals surface area contributed by atoms with Gasteiger partial charge in [0, 0.05) is 12.1 Å². The SMILES string of the molecule is CCCCCCCCCCCCOC(=O)c1cc(OS(C)(=O)=O)c(OS(C)(=O)=O)c(OS(C)(=O)=O)c1. The van der Waals surface area contributed by atoms with Crippen LogP contribution >= 0.6 is 0 Å². The molecule has 0 aromatic heterocycles. The van der Waals surface area contributed by atoms with E-state index in [1.54, 1.807) is 0 Å². The third-order valence-corrected chi connectivity index (χ3v) is 6.14. The molecule has 0 aliphatic carbocycles. The molecule has 0 unspecified atom stereocenters. The Hall–Kier alpha value is -2.06. The quantitative estimate of drug-likeness (QED) is 0.143. The first-order chi connectivity index (χ1) is 16.6.